The highest BCUT2D eigenvalue weighted by molar-refractivity contribution is 7.85. The zero-order valence-corrected chi connectivity index (χ0v) is 30.2. The lowest BCUT2D eigenvalue weighted by Crippen LogP contribution is -2.24. The number of nitrogens with zero attached hydrogens (tertiary/aromatic N) is 2. The van der Waals surface area contributed by atoms with Gasteiger partial charge in [0.1, 0.15) is 6.04 Å². The van der Waals surface area contributed by atoms with Crippen molar-refractivity contribution in [2.75, 3.05) is 0 Å². The topological polar surface area (TPSA) is 42.3 Å². The van der Waals surface area contributed by atoms with Crippen LogP contribution in [0.2, 0.25) is 0 Å². The molecule has 0 fully saturated rings. The Morgan fingerprint density at radius 3 is 1.85 bits per heavy atom. The summed E-state index contributed by atoms with van der Waals surface area (Å²) in [6, 6.07) is 54.9. The zero-order chi connectivity index (χ0) is 35.8. The smallest absolute Gasteiger partial charge is 0.171 e. The first kappa shape index (κ1) is 31.1. The fraction of sp³-hybridized carbons (Fsp3) is 0.0400. The highest BCUT2D eigenvalue weighted by Crippen LogP contribution is 2.45. The van der Waals surface area contributed by atoms with Gasteiger partial charge in [-0.15, -0.1) is 0 Å². The summed E-state index contributed by atoms with van der Waals surface area (Å²) in [4.78, 5) is 10.1. The molecule has 2 heterocycles. The average Bonchev–Trinajstić information content (AvgIpc) is 3.25. The van der Waals surface area contributed by atoms with Crippen molar-refractivity contribution in [1.82, 2.24) is 4.98 Å². The Kier molecular flexibility index (Phi) is 6.96. The van der Waals surface area contributed by atoms with Gasteiger partial charge in [0.15, 0.2) is 7.14 Å². The largest absolute Gasteiger partial charge is 0.309 e. The molecule has 2 aliphatic rings. The Labute approximate surface area is 313 Å². The number of dihydropyridines is 1. The summed E-state index contributed by atoms with van der Waals surface area (Å²) in [6.07, 6.45) is 10.8. The lowest BCUT2D eigenvalue weighted by Gasteiger charge is -2.27. The highest BCUT2D eigenvalue weighted by Gasteiger charge is 2.31. The number of hydrogen-bond acceptors (Lipinski definition) is 3. The van der Waals surface area contributed by atoms with E-state index in [-0.39, 0.29) is 12.0 Å². The molecule has 0 amide bonds. The molecule has 254 valence electrons. The minimum Gasteiger partial charge on any atom is -0.309 e. The Morgan fingerprint density at radius 1 is 0.500 bits per heavy atom. The zero-order valence-electron chi connectivity index (χ0n) is 29.3. The molecule has 3 nitrogen and oxygen atoms in total. The molecule has 0 N–H and O–H groups in total. The summed E-state index contributed by atoms with van der Waals surface area (Å²) >= 11 is 0. The number of benzene rings is 8. The summed E-state index contributed by atoms with van der Waals surface area (Å²) in [7, 11) is -3.07. The van der Waals surface area contributed by atoms with Gasteiger partial charge in [-0.2, -0.15) is 0 Å². The van der Waals surface area contributed by atoms with Gasteiger partial charge in [-0.3, -0.25) is 9.98 Å². The fourth-order valence-corrected chi connectivity index (χ4v) is 11.5. The molecule has 2 atom stereocenters. The van der Waals surface area contributed by atoms with Gasteiger partial charge in [0.05, 0.1) is 11.4 Å². The second kappa shape index (κ2) is 12.1. The van der Waals surface area contributed by atoms with E-state index in [2.05, 4.69) is 115 Å². The van der Waals surface area contributed by atoms with Crippen molar-refractivity contribution in [2.24, 2.45) is 10.9 Å². The molecule has 9 aromatic rings. The van der Waals surface area contributed by atoms with Crippen LogP contribution >= 0.6 is 7.14 Å². The maximum Gasteiger partial charge on any atom is 0.171 e. The molecule has 0 bridgehead atoms. The van der Waals surface area contributed by atoms with E-state index >= 15 is 4.57 Å². The van der Waals surface area contributed by atoms with Crippen molar-refractivity contribution in [3.63, 3.8) is 0 Å². The maximum absolute atomic E-state index is 15.1. The predicted molar refractivity (Wildman–Crippen MR) is 228 cm³/mol. The van der Waals surface area contributed by atoms with E-state index < -0.39 is 7.14 Å². The van der Waals surface area contributed by atoms with Crippen molar-refractivity contribution >= 4 is 77.9 Å². The summed E-state index contributed by atoms with van der Waals surface area (Å²) < 4.78 is 15.1. The van der Waals surface area contributed by atoms with E-state index in [9.17, 15) is 0 Å². The molecule has 1 aliphatic heterocycles. The first-order chi connectivity index (χ1) is 26.6. The number of fused-ring (bicyclic) bond motifs is 4. The minimum atomic E-state index is -3.07. The second-order valence-corrected chi connectivity index (χ2v) is 17.2. The molecule has 11 rings (SSSR count). The van der Waals surface area contributed by atoms with Gasteiger partial charge in [-0.1, -0.05) is 158 Å². The van der Waals surface area contributed by atoms with Crippen LogP contribution in [0.15, 0.2) is 187 Å². The standard InChI is InChI=1S/C50H33N2OP/c53-54(39-9-3-1-4-10-39,40-11-5-2-6-12-40)41-23-17-36-30-38(16-15-37(36)31-41)42-24-18-32-21-27-45-43(25-19-33-20-26-44(42)47(32)48(33)45)46-28-22-35-14-13-34-8-7-29-51-49(34)50(35)52-46/h1-31,35,50H. The van der Waals surface area contributed by atoms with Gasteiger partial charge in [-0.25, -0.2) is 0 Å². The summed E-state index contributed by atoms with van der Waals surface area (Å²) in [6.45, 7) is 0. The van der Waals surface area contributed by atoms with E-state index in [4.69, 9.17) is 9.98 Å². The van der Waals surface area contributed by atoms with Crippen LogP contribution in [0, 0.1) is 5.92 Å². The van der Waals surface area contributed by atoms with Crippen molar-refractivity contribution in [2.45, 2.75) is 6.04 Å². The van der Waals surface area contributed by atoms with Gasteiger partial charge in [0, 0.05) is 33.6 Å². The van der Waals surface area contributed by atoms with Crippen LogP contribution in [-0.4, -0.2) is 10.7 Å². The molecular weight excluding hydrogens is 676 g/mol. The fourth-order valence-electron chi connectivity index (χ4n) is 8.79. The Balaban J connectivity index is 1.03. The summed E-state index contributed by atoms with van der Waals surface area (Å²) in [5.41, 5.74) is 6.69. The number of aromatic nitrogens is 1. The van der Waals surface area contributed by atoms with Crippen LogP contribution in [0.1, 0.15) is 22.9 Å². The molecule has 0 saturated carbocycles. The van der Waals surface area contributed by atoms with Crippen LogP contribution in [0.3, 0.4) is 0 Å². The number of rotatable bonds is 5. The molecule has 54 heavy (non-hydrogen) atoms. The molecule has 1 aromatic heterocycles. The van der Waals surface area contributed by atoms with Crippen LogP contribution in [0.5, 0.6) is 0 Å². The lowest BCUT2D eigenvalue weighted by atomic mass is 9.84. The van der Waals surface area contributed by atoms with Gasteiger partial charge < -0.3 is 4.57 Å². The van der Waals surface area contributed by atoms with Gasteiger partial charge in [0.25, 0.3) is 0 Å². The first-order valence-corrected chi connectivity index (χ1v) is 20.2. The van der Waals surface area contributed by atoms with Gasteiger partial charge >= 0.3 is 0 Å². The first-order valence-electron chi connectivity index (χ1n) is 18.5. The molecular formula is C50H33N2OP. The molecule has 1 aliphatic carbocycles. The van der Waals surface area contributed by atoms with Crippen molar-refractivity contribution in [1.29, 1.82) is 0 Å². The number of pyridine rings is 1. The van der Waals surface area contributed by atoms with Gasteiger partial charge in [0.2, 0.25) is 0 Å². The SMILES string of the molecule is O=P(c1ccccc1)(c1ccccc1)c1ccc2cc(-c3ccc4ccc5c(C6=NC7c8ncccc8C=CC7C=C6)ccc6ccc3c4c65)ccc2c1. The van der Waals surface area contributed by atoms with E-state index in [0.717, 1.165) is 54.8 Å². The Hall–Kier alpha value is -6.41. The van der Waals surface area contributed by atoms with Crippen molar-refractivity contribution in [3.8, 4) is 11.1 Å². The molecule has 8 aromatic carbocycles. The van der Waals surface area contributed by atoms with Crippen LogP contribution in [-0.2, 0) is 4.57 Å². The van der Waals surface area contributed by atoms with Gasteiger partial charge in [-0.05, 0) is 84.1 Å². The third-order valence-corrected chi connectivity index (χ3v) is 14.5. The Bertz CT molecular complexity index is 3050. The molecule has 2 unspecified atom stereocenters. The normalized spacial score (nSPS) is 16.6. The van der Waals surface area contributed by atoms with Crippen molar-refractivity contribution < 1.29 is 4.57 Å². The highest BCUT2D eigenvalue weighted by atomic mass is 31.2. The molecule has 4 heteroatoms. The summed E-state index contributed by atoms with van der Waals surface area (Å²) in [5.74, 6) is 0.212. The third-order valence-electron chi connectivity index (χ3n) is 11.4. The van der Waals surface area contributed by atoms with Crippen LogP contribution in [0.25, 0.3) is 60.3 Å². The van der Waals surface area contributed by atoms with E-state index in [1.54, 1.807) is 0 Å². The Morgan fingerprint density at radius 2 is 1.11 bits per heavy atom. The quantitative estimate of drug-likeness (QED) is 0.132. The van der Waals surface area contributed by atoms with E-state index in [1.807, 2.05) is 72.9 Å². The van der Waals surface area contributed by atoms with E-state index in [1.165, 1.54) is 37.9 Å². The predicted octanol–water partition coefficient (Wildman–Crippen LogP) is 11.2. The number of allylic oxidation sites excluding steroid dienone is 1. The molecule has 0 radical (unpaired) electrons. The molecule has 0 spiro atoms. The van der Waals surface area contributed by atoms with Crippen LogP contribution < -0.4 is 15.9 Å². The summed E-state index contributed by atoms with van der Waals surface area (Å²) in [5, 5.41) is 12.1. The maximum atomic E-state index is 15.1. The average molecular weight is 709 g/mol. The number of aliphatic imine (C=N–C) groups is 1. The third kappa shape index (κ3) is 4.72. The molecule has 0 saturated heterocycles. The lowest BCUT2D eigenvalue weighted by molar-refractivity contribution is 0.591. The van der Waals surface area contributed by atoms with Crippen molar-refractivity contribution in [3.05, 3.63) is 199 Å². The number of hydrogen-bond donors (Lipinski definition) is 0. The monoisotopic (exact) mass is 708 g/mol. The van der Waals surface area contributed by atoms with E-state index in [0.29, 0.717) is 0 Å². The van der Waals surface area contributed by atoms with Crippen LogP contribution in [0.4, 0.5) is 0 Å². The second-order valence-electron chi connectivity index (χ2n) is 14.4. The minimum absolute atomic E-state index is 0.0241.